The minimum atomic E-state index is -0.681. The van der Waals surface area contributed by atoms with Gasteiger partial charge in [-0.3, -0.25) is 19.3 Å². The lowest BCUT2D eigenvalue weighted by Crippen LogP contribution is -2.46. The normalized spacial score (nSPS) is 17.3. The number of nitrogens with zero attached hydrogens (tertiary/aromatic N) is 1. The first-order valence-corrected chi connectivity index (χ1v) is 10.8. The van der Waals surface area contributed by atoms with Crippen LogP contribution in [0.1, 0.15) is 23.2 Å². The number of carbonyl (C=O) groups excluding carboxylic acids is 3. The topological polar surface area (TPSA) is 94.2 Å². The van der Waals surface area contributed by atoms with Gasteiger partial charge in [0.25, 0.3) is 5.91 Å². The van der Waals surface area contributed by atoms with Crippen molar-refractivity contribution in [1.82, 2.24) is 5.32 Å². The van der Waals surface area contributed by atoms with Gasteiger partial charge in [0, 0.05) is 23.7 Å². The third kappa shape index (κ3) is 5.61. The number of rotatable bonds is 8. The summed E-state index contributed by atoms with van der Waals surface area (Å²) in [4.78, 5) is 38.8. The predicted octanol–water partition coefficient (Wildman–Crippen LogP) is 2.76. The highest BCUT2D eigenvalue weighted by molar-refractivity contribution is 6.30. The van der Waals surface area contributed by atoms with Crippen LogP contribution in [0.25, 0.3) is 0 Å². The highest BCUT2D eigenvalue weighted by Crippen LogP contribution is 2.33. The van der Waals surface area contributed by atoms with Crippen molar-refractivity contribution in [3.8, 4) is 11.5 Å². The monoisotopic (exact) mass is 476 g/mol. The molecular formula is C23H22ClFN2O6. The van der Waals surface area contributed by atoms with E-state index in [0.717, 1.165) is 18.9 Å². The van der Waals surface area contributed by atoms with E-state index in [-0.39, 0.29) is 41.5 Å². The maximum Gasteiger partial charge on any atom is 0.265 e. The number of Topliss-reactive ketones (excluding diaryl/α,β-unsaturated/α-hetero) is 1. The Bertz CT molecular complexity index is 1070. The van der Waals surface area contributed by atoms with E-state index in [9.17, 15) is 18.8 Å². The van der Waals surface area contributed by atoms with E-state index in [1.165, 1.54) is 29.2 Å². The number of ketones is 1. The van der Waals surface area contributed by atoms with E-state index >= 15 is 0 Å². The number of fused-ring (bicyclic) bond motifs is 1. The molecule has 2 aliphatic rings. The molecule has 0 radical (unpaired) electrons. The lowest BCUT2D eigenvalue weighted by Gasteiger charge is -2.29. The quantitative estimate of drug-likeness (QED) is 0.589. The highest BCUT2D eigenvalue weighted by Gasteiger charge is 2.29. The van der Waals surface area contributed by atoms with Gasteiger partial charge in [-0.05, 0) is 49.2 Å². The van der Waals surface area contributed by atoms with Crippen molar-refractivity contribution in [1.29, 1.82) is 0 Å². The number of anilines is 1. The summed E-state index contributed by atoms with van der Waals surface area (Å²) in [6.07, 6.45) is 1.82. The summed E-state index contributed by atoms with van der Waals surface area (Å²) in [7, 11) is 0. The van der Waals surface area contributed by atoms with E-state index < -0.39 is 24.1 Å². The summed E-state index contributed by atoms with van der Waals surface area (Å²) in [5.74, 6) is -1.59. The molecule has 0 aliphatic carbocycles. The van der Waals surface area contributed by atoms with Gasteiger partial charge in [0.1, 0.15) is 12.3 Å². The number of hydrogen-bond acceptors (Lipinski definition) is 6. The van der Waals surface area contributed by atoms with Gasteiger partial charge >= 0.3 is 0 Å². The molecule has 1 N–H and O–H groups in total. The van der Waals surface area contributed by atoms with Crippen molar-refractivity contribution in [3.05, 3.63) is 52.8 Å². The van der Waals surface area contributed by atoms with Crippen LogP contribution in [0, 0.1) is 5.82 Å². The molecule has 2 aliphatic heterocycles. The Kier molecular flexibility index (Phi) is 7.10. The zero-order valence-electron chi connectivity index (χ0n) is 17.6. The molecule has 8 nitrogen and oxygen atoms in total. The lowest BCUT2D eigenvalue weighted by molar-refractivity contribution is -0.125. The number of ether oxygens (including phenoxy) is 3. The fourth-order valence-corrected chi connectivity index (χ4v) is 3.76. The van der Waals surface area contributed by atoms with Crippen molar-refractivity contribution in [2.24, 2.45) is 0 Å². The van der Waals surface area contributed by atoms with Gasteiger partial charge in [0.15, 0.2) is 30.6 Å². The van der Waals surface area contributed by atoms with Gasteiger partial charge < -0.3 is 19.5 Å². The van der Waals surface area contributed by atoms with Crippen LogP contribution in [-0.2, 0) is 14.3 Å². The number of nitrogens with one attached hydrogen (secondary N) is 1. The van der Waals surface area contributed by atoms with Gasteiger partial charge in [0.05, 0.1) is 11.8 Å². The summed E-state index contributed by atoms with van der Waals surface area (Å²) in [6.45, 7) is 0.209. The first-order chi connectivity index (χ1) is 15.9. The standard InChI is InChI=1S/C23H22ClFN2O6/c24-15-4-6-20(17(25)9-15)32-12-19(28)14-3-5-21-18(8-14)27(23(30)13-33-21)11-22(29)26-10-16-2-1-7-31-16/h3-6,8-9,16H,1-2,7,10-13H2,(H,26,29)/t16-/m0/s1. The van der Waals surface area contributed by atoms with E-state index in [0.29, 0.717) is 24.6 Å². The molecule has 1 fully saturated rings. The Morgan fingerprint density at radius 1 is 1.24 bits per heavy atom. The second-order valence-electron chi connectivity index (χ2n) is 7.68. The summed E-state index contributed by atoms with van der Waals surface area (Å²) in [6, 6.07) is 8.41. The lowest BCUT2D eigenvalue weighted by atomic mass is 10.1. The van der Waals surface area contributed by atoms with Crippen molar-refractivity contribution in [3.63, 3.8) is 0 Å². The average Bonchev–Trinajstić information content (AvgIpc) is 3.32. The number of halogens is 2. The zero-order chi connectivity index (χ0) is 23.4. The van der Waals surface area contributed by atoms with E-state index in [1.54, 1.807) is 6.07 Å². The van der Waals surface area contributed by atoms with Gasteiger partial charge in [-0.25, -0.2) is 4.39 Å². The van der Waals surface area contributed by atoms with Crippen LogP contribution in [0.5, 0.6) is 11.5 Å². The van der Waals surface area contributed by atoms with E-state index in [1.807, 2.05) is 0 Å². The molecule has 2 aromatic rings. The molecule has 0 spiro atoms. The third-order valence-electron chi connectivity index (χ3n) is 5.33. The van der Waals surface area contributed by atoms with Crippen molar-refractivity contribution in [2.45, 2.75) is 18.9 Å². The van der Waals surface area contributed by atoms with Crippen molar-refractivity contribution < 1.29 is 33.0 Å². The Hall–Kier alpha value is -3.17. The molecule has 2 heterocycles. The average molecular weight is 477 g/mol. The van der Waals surface area contributed by atoms with Crippen LogP contribution in [0.4, 0.5) is 10.1 Å². The van der Waals surface area contributed by atoms with Crippen LogP contribution < -0.4 is 19.7 Å². The molecule has 0 unspecified atom stereocenters. The van der Waals surface area contributed by atoms with Gasteiger partial charge in [-0.2, -0.15) is 0 Å². The summed E-state index contributed by atoms with van der Waals surface area (Å²) in [5, 5.41) is 2.99. The zero-order valence-corrected chi connectivity index (χ0v) is 18.4. The van der Waals surface area contributed by atoms with E-state index in [2.05, 4.69) is 5.32 Å². The molecule has 10 heteroatoms. The molecule has 4 rings (SSSR count). The maximum absolute atomic E-state index is 13.9. The Labute approximate surface area is 194 Å². The van der Waals surface area contributed by atoms with Gasteiger partial charge in [-0.1, -0.05) is 11.6 Å². The van der Waals surface area contributed by atoms with Crippen LogP contribution in [0.2, 0.25) is 5.02 Å². The number of benzene rings is 2. The predicted molar refractivity (Wildman–Crippen MR) is 118 cm³/mol. The summed E-state index contributed by atoms with van der Waals surface area (Å²) >= 11 is 5.72. The molecule has 0 bridgehead atoms. The molecule has 2 amide bonds. The smallest absolute Gasteiger partial charge is 0.265 e. The number of amides is 2. The van der Waals surface area contributed by atoms with E-state index in [4.69, 9.17) is 25.8 Å². The molecule has 174 valence electrons. The highest BCUT2D eigenvalue weighted by atomic mass is 35.5. The third-order valence-corrected chi connectivity index (χ3v) is 5.56. The van der Waals surface area contributed by atoms with Crippen LogP contribution in [-0.4, -0.2) is 56.6 Å². The second-order valence-corrected chi connectivity index (χ2v) is 8.11. The Balaban J connectivity index is 1.43. The molecular weight excluding hydrogens is 455 g/mol. The Morgan fingerprint density at radius 2 is 2.09 bits per heavy atom. The Morgan fingerprint density at radius 3 is 2.85 bits per heavy atom. The first-order valence-electron chi connectivity index (χ1n) is 10.5. The minimum absolute atomic E-state index is 0.0173. The van der Waals surface area contributed by atoms with Crippen LogP contribution >= 0.6 is 11.6 Å². The van der Waals surface area contributed by atoms with Gasteiger partial charge in [-0.15, -0.1) is 0 Å². The van der Waals surface area contributed by atoms with Crippen LogP contribution in [0.15, 0.2) is 36.4 Å². The fraction of sp³-hybridized carbons (Fsp3) is 0.348. The summed E-state index contributed by atoms with van der Waals surface area (Å²) in [5.41, 5.74) is 0.535. The fourth-order valence-electron chi connectivity index (χ4n) is 3.60. The molecule has 0 aromatic heterocycles. The molecule has 1 atom stereocenters. The minimum Gasteiger partial charge on any atom is -0.482 e. The number of hydrogen-bond donors (Lipinski definition) is 1. The summed E-state index contributed by atoms with van der Waals surface area (Å²) < 4.78 is 30.1. The van der Waals surface area contributed by atoms with Crippen molar-refractivity contribution >= 4 is 34.9 Å². The molecule has 33 heavy (non-hydrogen) atoms. The maximum atomic E-state index is 13.9. The molecule has 1 saturated heterocycles. The van der Waals surface area contributed by atoms with Gasteiger partial charge in [0.2, 0.25) is 5.91 Å². The first kappa shape index (κ1) is 23.0. The second kappa shape index (κ2) is 10.2. The van der Waals surface area contributed by atoms with Crippen LogP contribution in [0.3, 0.4) is 0 Å². The van der Waals surface area contributed by atoms with Crippen molar-refractivity contribution in [2.75, 3.05) is 37.8 Å². The number of carbonyl (C=O) groups is 3. The molecule has 2 aromatic carbocycles. The molecule has 0 saturated carbocycles. The SMILES string of the molecule is O=C(CN1C(=O)COc2ccc(C(=O)COc3ccc(Cl)cc3F)cc21)NC[C@@H]1CCCO1. The largest absolute Gasteiger partial charge is 0.482 e.